The lowest BCUT2D eigenvalue weighted by atomic mass is 10.1. The van der Waals surface area contributed by atoms with E-state index in [2.05, 4.69) is 35.6 Å². The summed E-state index contributed by atoms with van der Waals surface area (Å²) in [5.41, 5.74) is 2.51. The number of carbonyl (C=O) groups excluding carboxylic acids is 1. The van der Waals surface area contributed by atoms with E-state index in [0.717, 1.165) is 43.5 Å². The van der Waals surface area contributed by atoms with Crippen molar-refractivity contribution in [3.63, 3.8) is 0 Å². The number of hydrogen-bond acceptors (Lipinski definition) is 7. The maximum absolute atomic E-state index is 13.1. The molecule has 0 bridgehead atoms. The first-order valence-electron chi connectivity index (χ1n) is 12.3. The fourth-order valence-corrected chi connectivity index (χ4v) is 5.02. The zero-order valence-corrected chi connectivity index (χ0v) is 20.0. The lowest BCUT2D eigenvalue weighted by Crippen LogP contribution is -2.49. The first-order valence-corrected chi connectivity index (χ1v) is 12.3. The van der Waals surface area contributed by atoms with Crippen LogP contribution >= 0.6 is 0 Å². The van der Waals surface area contributed by atoms with E-state index < -0.39 is 11.5 Å². The molecule has 0 radical (unpaired) electrons. The lowest BCUT2D eigenvalue weighted by Gasteiger charge is -2.39. The SMILES string of the molecule is Cc1ccnnc1Nc1cc[nH]c(=O)c1C(=O)Nc1ccc(N2CCN(C3CCCC3)CC2)cc1. The van der Waals surface area contributed by atoms with E-state index >= 15 is 0 Å². The van der Waals surface area contributed by atoms with E-state index in [1.165, 1.54) is 31.9 Å². The predicted octanol–water partition coefficient (Wildman–Crippen LogP) is 3.53. The zero-order chi connectivity index (χ0) is 24.2. The number of anilines is 4. The Hall–Kier alpha value is -3.72. The van der Waals surface area contributed by atoms with Gasteiger partial charge in [-0.15, -0.1) is 5.10 Å². The molecule has 2 aliphatic rings. The molecule has 0 atom stereocenters. The van der Waals surface area contributed by atoms with Gasteiger partial charge in [0.2, 0.25) is 0 Å². The Balaban J connectivity index is 1.25. The van der Waals surface area contributed by atoms with E-state index in [-0.39, 0.29) is 5.56 Å². The average molecular weight is 474 g/mol. The first kappa shape index (κ1) is 23.0. The first-order chi connectivity index (χ1) is 17.1. The fourth-order valence-electron chi connectivity index (χ4n) is 5.02. The number of piperazine rings is 1. The van der Waals surface area contributed by atoms with Gasteiger partial charge < -0.3 is 20.5 Å². The molecule has 1 saturated heterocycles. The normalized spacial score (nSPS) is 16.9. The number of pyridine rings is 1. The quantitative estimate of drug-likeness (QED) is 0.503. The number of rotatable bonds is 6. The van der Waals surface area contributed by atoms with Crippen LogP contribution in [0.3, 0.4) is 0 Å². The topological polar surface area (TPSA) is 106 Å². The number of nitrogens with zero attached hydrogens (tertiary/aromatic N) is 4. The number of hydrogen-bond donors (Lipinski definition) is 3. The van der Waals surface area contributed by atoms with Crippen LogP contribution in [0.4, 0.5) is 22.9 Å². The van der Waals surface area contributed by atoms with Gasteiger partial charge in [0.15, 0.2) is 5.82 Å². The van der Waals surface area contributed by atoms with Gasteiger partial charge in [0.05, 0.1) is 11.9 Å². The molecule has 1 aliphatic carbocycles. The van der Waals surface area contributed by atoms with Crippen LogP contribution in [0.1, 0.15) is 41.6 Å². The number of amides is 1. The Kier molecular flexibility index (Phi) is 6.76. The van der Waals surface area contributed by atoms with Gasteiger partial charge in [0, 0.05) is 49.8 Å². The van der Waals surface area contributed by atoms with Gasteiger partial charge in [0.1, 0.15) is 5.56 Å². The van der Waals surface area contributed by atoms with Crippen molar-refractivity contribution in [3.05, 3.63) is 70.3 Å². The van der Waals surface area contributed by atoms with Gasteiger partial charge in [-0.1, -0.05) is 12.8 Å². The highest BCUT2D eigenvalue weighted by Gasteiger charge is 2.26. The van der Waals surface area contributed by atoms with Crippen molar-refractivity contribution >= 4 is 28.8 Å². The molecule has 9 nitrogen and oxygen atoms in total. The van der Waals surface area contributed by atoms with Crippen LogP contribution in [-0.4, -0.2) is 58.2 Å². The van der Waals surface area contributed by atoms with Crippen molar-refractivity contribution in [1.29, 1.82) is 0 Å². The van der Waals surface area contributed by atoms with Crippen LogP contribution < -0.4 is 21.1 Å². The number of aryl methyl sites for hydroxylation is 1. The monoisotopic (exact) mass is 473 g/mol. The van der Waals surface area contributed by atoms with E-state index in [1.807, 2.05) is 31.2 Å². The minimum absolute atomic E-state index is 0.00957. The van der Waals surface area contributed by atoms with Crippen molar-refractivity contribution in [2.75, 3.05) is 41.7 Å². The van der Waals surface area contributed by atoms with Crippen LogP contribution in [0, 0.1) is 6.92 Å². The molecule has 3 aromatic rings. The molecular formula is C26H31N7O2. The smallest absolute Gasteiger partial charge is 0.263 e. The summed E-state index contributed by atoms with van der Waals surface area (Å²) in [5.74, 6) is -0.00153. The average Bonchev–Trinajstić information content (AvgIpc) is 3.41. The highest BCUT2D eigenvalue weighted by Crippen LogP contribution is 2.26. The van der Waals surface area contributed by atoms with E-state index in [9.17, 15) is 9.59 Å². The van der Waals surface area contributed by atoms with Gasteiger partial charge in [-0.2, -0.15) is 5.10 Å². The van der Waals surface area contributed by atoms with Crippen LogP contribution in [-0.2, 0) is 0 Å². The molecule has 1 saturated carbocycles. The van der Waals surface area contributed by atoms with E-state index in [4.69, 9.17) is 0 Å². The number of H-pyrrole nitrogens is 1. The second kappa shape index (κ2) is 10.3. The molecule has 182 valence electrons. The Morgan fingerprint density at radius 1 is 1.03 bits per heavy atom. The second-order valence-corrected chi connectivity index (χ2v) is 9.25. The van der Waals surface area contributed by atoms with Gasteiger partial charge in [-0.25, -0.2) is 0 Å². The maximum atomic E-state index is 13.1. The third-order valence-electron chi connectivity index (χ3n) is 7.01. The Morgan fingerprint density at radius 3 is 2.49 bits per heavy atom. The molecule has 9 heteroatoms. The molecular weight excluding hydrogens is 442 g/mol. The summed E-state index contributed by atoms with van der Waals surface area (Å²) in [4.78, 5) is 33.2. The van der Waals surface area contributed by atoms with Crippen LogP contribution in [0.2, 0.25) is 0 Å². The van der Waals surface area contributed by atoms with Crippen molar-refractivity contribution in [2.24, 2.45) is 0 Å². The van der Waals surface area contributed by atoms with Crippen LogP contribution in [0.5, 0.6) is 0 Å². The predicted molar refractivity (Wildman–Crippen MR) is 138 cm³/mol. The standard InChI is InChI=1S/C26H31N7O2/c1-18-10-13-28-31-24(18)30-22-11-12-27-25(34)23(22)26(35)29-19-6-8-21(9-7-19)33-16-14-32(15-17-33)20-4-2-3-5-20/h6-13,20H,2-5,14-17H2,1H3,(H,29,35)(H2,27,30,31,34). The fraction of sp³-hybridized carbons (Fsp3) is 0.385. The van der Waals surface area contributed by atoms with E-state index in [1.54, 1.807) is 18.3 Å². The number of aromatic nitrogens is 3. The molecule has 3 heterocycles. The minimum atomic E-state index is -0.492. The molecule has 1 aromatic carbocycles. The number of carbonyl (C=O) groups is 1. The highest BCUT2D eigenvalue weighted by molar-refractivity contribution is 6.08. The van der Waals surface area contributed by atoms with E-state index in [0.29, 0.717) is 17.2 Å². The summed E-state index contributed by atoms with van der Waals surface area (Å²) in [6, 6.07) is 12.0. The third kappa shape index (κ3) is 5.19. The van der Waals surface area contributed by atoms with Crippen LogP contribution in [0.25, 0.3) is 0 Å². The van der Waals surface area contributed by atoms with Crippen molar-refractivity contribution in [3.8, 4) is 0 Å². The van der Waals surface area contributed by atoms with Crippen molar-refractivity contribution < 1.29 is 4.79 Å². The number of nitrogens with one attached hydrogen (secondary N) is 3. The molecule has 3 N–H and O–H groups in total. The van der Waals surface area contributed by atoms with Gasteiger partial charge >= 0.3 is 0 Å². The molecule has 1 aliphatic heterocycles. The molecule has 1 amide bonds. The van der Waals surface area contributed by atoms with Crippen molar-refractivity contribution in [1.82, 2.24) is 20.1 Å². The summed E-state index contributed by atoms with van der Waals surface area (Å²) in [6.45, 7) is 6.10. The van der Waals surface area contributed by atoms with Gasteiger partial charge in [0.25, 0.3) is 11.5 Å². The Bertz CT molecular complexity index is 1230. The zero-order valence-electron chi connectivity index (χ0n) is 20.0. The largest absolute Gasteiger partial charge is 0.369 e. The summed E-state index contributed by atoms with van der Waals surface area (Å²) in [7, 11) is 0. The second-order valence-electron chi connectivity index (χ2n) is 9.25. The van der Waals surface area contributed by atoms with Gasteiger partial charge in [-0.05, 0) is 61.7 Å². The molecule has 35 heavy (non-hydrogen) atoms. The summed E-state index contributed by atoms with van der Waals surface area (Å²) in [5, 5.41) is 13.8. The summed E-state index contributed by atoms with van der Waals surface area (Å²) >= 11 is 0. The molecule has 0 spiro atoms. The highest BCUT2D eigenvalue weighted by atomic mass is 16.2. The molecule has 0 unspecified atom stereocenters. The Morgan fingerprint density at radius 2 is 1.77 bits per heavy atom. The molecule has 2 aromatic heterocycles. The maximum Gasteiger partial charge on any atom is 0.263 e. The number of benzene rings is 1. The van der Waals surface area contributed by atoms with Gasteiger partial charge in [-0.3, -0.25) is 14.5 Å². The molecule has 5 rings (SSSR count). The van der Waals surface area contributed by atoms with Crippen LogP contribution in [0.15, 0.2) is 53.6 Å². The summed E-state index contributed by atoms with van der Waals surface area (Å²) < 4.78 is 0. The van der Waals surface area contributed by atoms with Crippen molar-refractivity contribution in [2.45, 2.75) is 38.6 Å². The third-order valence-corrected chi connectivity index (χ3v) is 7.01. The lowest BCUT2D eigenvalue weighted by molar-refractivity contribution is 0.102. The molecule has 2 fully saturated rings. The number of aromatic amines is 1. The summed E-state index contributed by atoms with van der Waals surface area (Å²) in [6.07, 6.45) is 8.50. The minimum Gasteiger partial charge on any atom is -0.369 e. The Labute approximate surface area is 204 Å².